The Kier molecular flexibility index (Phi) is 4.87. The standard InChI is InChI=1S/C11H14F3NO4S/c1-3-15(4-2)20(17,18)10-6-5-8(16)7-9(10)19-11(12,13)14/h5-7,16H,3-4H2,1-2H3. The lowest BCUT2D eigenvalue weighted by atomic mass is 10.3. The van der Waals surface area contributed by atoms with Gasteiger partial charge in [-0.3, -0.25) is 0 Å². The van der Waals surface area contributed by atoms with Crippen molar-refractivity contribution in [3.8, 4) is 11.5 Å². The number of benzene rings is 1. The average Bonchev–Trinajstić information content (AvgIpc) is 2.27. The van der Waals surface area contributed by atoms with Gasteiger partial charge < -0.3 is 9.84 Å². The van der Waals surface area contributed by atoms with Crippen molar-refractivity contribution < 1.29 is 31.4 Å². The van der Waals surface area contributed by atoms with Gasteiger partial charge in [-0.2, -0.15) is 4.31 Å². The molecule has 114 valence electrons. The Bertz CT molecular complexity index is 568. The van der Waals surface area contributed by atoms with Gasteiger partial charge in [-0.25, -0.2) is 8.42 Å². The predicted molar refractivity (Wildman–Crippen MR) is 64.9 cm³/mol. The third-order valence-electron chi connectivity index (χ3n) is 2.48. The molecule has 0 heterocycles. The molecule has 0 amide bonds. The summed E-state index contributed by atoms with van der Waals surface area (Å²) in [5.41, 5.74) is 0. The maximum absolute atomic E-state index is 12.3. The fourth-order valence-corrected chi connectivity index (χ4v) is 3.17. The first-order valence-electron chi connectivity index (χ1n) is 5.70. The first-order chi connectivity index (χ1) is 9.11. The maximum Gasteiger partial charge on any atom is 0.573 e. The molecule has 1 aromatic carbocycles. The summed E-state index contributed by atoms with van der Waals surface area (Å²) < 4.78 is 66.0. The average molecular weight is 313 g/mol. The van der Waals surface area contributed by atoms with Crippen LogP contribution in [0.3, 0.4) is 0 Å². The number of rotatable bonds is 5. The SMILES string of the molecule is CCN(CC)S(=O)(=O)c1ccc(O)cc1OC(F)(F)F. The van der Waals surface area contributed by atoms with Crippen LogP contribution in [0.25, 0.3) is 0 Å². The summed E-state index contributed by atoms with van der Waals surface area (Å²) in [6, 6.07) is 2.48. The molecule has 0 spiro atoms. The monoisotopic (exact) mass is 313 g/mol. The zero-order valence-corrected chi connectivity index (χ0v) is 11.6. The predicted octanol–water partition coefficient (Wildman–Crippen LogP) is 2.32. The van der Waals surface area contributed by atoms with Crippen molar-refractivity contribution in [1.82, 2.24) is 4.31 Å². The highest BCUT2D eigenvalue weighted by molar-refractivity contribution is 7.89. The number of halogens is 3. The summed E-state index contributed by atoms with van der Waals surface area (Å²) in [6.07, 6.45) is -5.05. The topological polar surface area (TPSA) is 66.8 Å². The molecule has 5 nitrogen and oxygen atoms in total. The Labute approximate surface area is 114 Å². The van der Waals surface area contributed by atoms with Gasteiger partial charge in [-0.15, -0.1) is 13.2 Å². The number of aromatic hydroxyl groups is 1. The van der Waals surface area contributed by atoms with Gasteiger partial charge in [0.25, 0.3) is 0 Å². The summed E-state index contributed by atoms with van der Waals surface area (Å²) in [4.78, 5) is -0.642. The molecule has 0 bridgehead atoms. The minimum Gasteiger partial charge on any atom is -0.508 e. The Hall–Kier alpha value is -1.48. The molecule has 0 aromatic heterocycles. The van der Waals surface area contributed by atoms with E-state index in [1.165, 1.54) is 0 Å². The number of ether oxygens (including phenoxy) is 1. The Morgan fingerprint density at radius 1 is 1.25 bits per heavy atom. The first-order valence-corrected chi connectivity index (χ1v) is 7.14. The number of hydrogen-bond acceptors (Lipinski definition) is 4. The molecule has 0 unspecified atom stereocenters. The normalized spacial score (nSPS) is 12.7. The van der Waals surface area contributed by atoms with Gasteiger partial charge in [0.2, 0.25) is 10.0 Å². The van der Waals surface area contributed by atoms with Crippen LogP contribution in [0.1, 0.15) is 13.8 Å². The fourth-order valence-electron chi connectivity index (χ4n) is 1.62. The number of sulfonamides is 1. The molecule has 1 aromatic rings. The highest BCUT2D eigenvalue weighted by Crippen LogP contribution is 2.34. The van der Waals surface area contributed by atoms with Gasteiger partial charge in [0.1, 0.15) is 10.6 Å². The second-order valence-electron chi connectivity index (χ2n) is 3.77. The molecule has 9 heteroatoms. The number of phenolic OH excluding ortho intramolecular Hbond substituents is 1. The third kappa shape index (κ3) is 3.76. The van der Waals surface area contributed by atoms with Crippen LogP contribution >= 0.6 is 0 Å². The van der Waals surface area contributed by atoms with Crippen LogP contribution in [0.15, 0.2) is 23.1 Å². The van der Waals surface area contributed by atoms with Gasteiger partial charge in [-0.1, -0.05) is 13.8 Å². The van der Waals surface area contributed by atoms with Gasteiger partial charge in [0.05, 0.1) is 0 Å². The lowest BCUT2D eigenvalue weighted by molar-refractivity contribution is -0.275. The smallest absolute Gasteiger partial charge is 0.508 e. The van der Waals surface area contributed by atoms with E-state index in [2.05, 4.69) is 4.74 Å². The molecule has 0 fully saturated rings. The van der Waals surface area contributed by atoms with Crippen LogP contribution in [0.4, 0.5) is 13.2 Å². The van der Waals surface area contributed by atoms with Crippen molar-refractivity contribution in [2.75, 3.05) is 13.1 Å². The highest BCUT2D eigenvalue weighted by Gasteiger charge is 2.35. The molecule has 0 aliphatic carbocycles. The van der Waals surface area contributed by atoms with Crippen molar-refractivity contribution in [3.63, 3.8) is 0 Å². The van der Waals surface area contributed by atoms with E-state index in [9.17, 15) is 26.7 Å². The van der Waals surface area contributed by atoms with Crippen LogP contribution in [-0.4, -0.2) is 37.3 Å². The van der Waals surface area contributed by atoms with E-state index in [1.54, 1.807) is 13.8 Å². The molecule has 0 aliphatic heterocycles. The number of phenols is 1. The van der Waals surface area contributed by atoms with Crippen LogP contribution in [0.5, 0.6) is 11.5 Å². The first kappa shape index (κ1) is 16.6. The van der Waals surface area contributed by atoms with E-state index in [0.29, 0.717) is 6.07 Å². The number of alkyl halides is 3. The van der Waals surface area contributed by atoms with Crippen molar-refractivity contribution in [1.29, 1.82) is 0 Å². The zero-order valence-electron chi connectivity index (χ0n) is 10.8. The van der Waals surface area contributed by atoms with E-state index >= 15 is 0 Å². The quantitative estimate of drug-likeness (QED) is 0.906. The summed E-state index contributed by atoms with van der Waals surface area (Å²) in [7, 11) is -4.12. The zero-order chi connectivity index (χ0) is 15.6. The van der Waals surface area contributed by atoms with Crippen molar-refractivity contribution in [2.24, 2.45) is 0 Å². The van der Waals surface area contributed by atoms with E-state index in [1.807, 2.05) is 0 Å². The minimum atomic E-state index is -5.05. The highest BCUT2D eigenvalue weighted by atomic mass is 32.2. The van der Waals surface area contributed by atoms with Gasteiger partial charge in [0.15, 0.2) is 5.75 Å². The molecule has 0 aliphatic rings. The molecule has 0 radical (unpaired) electrons. The van der Waals surface area contributed by atoms with Gasteiger partial charge >= 0.3 is 6.36 Å². The molecule has 1 N–H and O–H groups in total. The van der Waals surface area contributed by atoms with Crippen LogP contribution in [0, 0.1) is 0 Å². The second kappa shape index (κ2) is 5.88. The summed E-state index contributed by atoms with van der Waals surface area (Å²) in [5.74, 6) is -1.48. The van der Waals surface area contributed by atoms with Crippen LogP contribution in [0.2, 0.25) is 0 Å². The Morgan fingerprint density at radius 2 is 1.80 bits per heavy atom. The minimum absolute atomic E-state index is 0.102. The summed E-state index contributed by atoms with van der Waals surface area (Å²) in [6.45, 7) is 3.33. The largest absolute Gasteiger partial charge is 0.573 e. The molecule has 20 heavy (non-hydrogen) atoms. The molecule has 0 saturated heterocycles. The Morgan fingerprint density at radius 3 is 2.25 bits per heavy atom. The van der Waals surface area contributed by atoms with Crippen LogP contribution in [-0.2, 0) is 10.0 Å². The Balaban J connectivity index is 3.37. The van der Waals surface area contributed by atoms with Gasteiger partial charge in [-0.05, 0) is 12.1 Å². The van der Waals surface area contributed by atoms with E-state index in [0.717, 1.165) is 16.4 Å². The molecule has 0 saturated carbocycles. The number of hydrogen-bond donors (Lipinski definition) is 1. The van der Waals surface area contributed by atoms with Crippen molar-refractivity contribution in [2.45, 2.75) is 25.1 Å². The summed E-state index contributed by atoms with van der Waals surface area (Å²) >= 11 is 0. The van der Waals surface area contributed by atoms with E-state index < -0.39 is 32.8 Å². The van der Waals surface area contributed by atoms with E-state index in [4.69, 9.17) is 0 Å². The molecule has 0 atom stereocenters. The maximum atomic E-state index is 12.3. The third-order valence-corrected chi connectivity index (χ3v) is 4.57. The molecule has 1 rings (SSSR count). The molecular formula is C11H14F3NO4S. The van der Waals surface area contributed by atoms with Crippen molar-refractivity contribution in [3.05, 3.63) is 18.2 Å². The lowest BCUT2D eigenvalue weighted by Gasteiger charge is -2.20. The van der Waals surface area contributed by atoms with Gasteiger partial charge in [0, 0.05) is 19.2 Å². The molecular weight excluding hydrogens is 299 g/mol. The van der Waals surface area contributed by atoms with E-state index in [-0.39, 0.29) is 13.1 Å². The van der Waals surface area contributed by atoms with Crippen molar-refractivity contribution >= 4 is 10.0 Å². The lowest BCUT2D eigenvalue weighted by Crippen LogP contribution is -2.31. The second-order valence-corrected chi connectivity index (χ2v) is 5.67. The fraction of sp³-hybridized carbons (Fsp3) is 0.455. The summed E-state index contributed by atoms with van der Waals surface area (Å²) in [5, 5.41) is 9.20. The number of nitrogens with zero attached hydrogens (tertiary/aromatic N) is 1. The van der Waals surface area contributed by atoms with Crippen LogP contribution < -0.4 is 4.74 Å².